The molecule has 2 nitrogen and oxygen atoms in total. The number of rotatable bonds is 5. The van der Waals surface area contributed by atoms with E-state index in [1.165, 1.54) is 11.6 Å². The summed E-state index contributed by atoms with van der Waals surface area (Å²) in [5.74, 6) is -0.210. The van der Waals surface area contributed by atoms with E-state index < -0.39 is 0 Å². The summed E-state index contributed by atoms with van der Waals surface area (Å²) in [5, 5.41) is 0. The van der Waals surface area contributed by atoms with Crippen LogP contribution in [0.5, 0.6) is 0 Å². The lowest BCUT2D eigenvalue weighted by Gasteiger charge is -2.23. The summed E-state index contributed by atoms with van der Waals surface area (Å²) in [6, 6.07) is 13.4. The first-order valence-electron chi connectivity index (χ1n) is 6.97. The average molecular weight is 272 g/mol. The fraction of sp³-hybridized carbons (Fsp3) is 0.294. The Morgan fingerprint density at radius 1 is 1.10 bits per heavy atom. The predicted octanol–water partition coefficient (Wildman–Crippen LogP) is 3.66. The Morgan fingerprint density at radius 3 is 2.40 bits per heavy atom. The minimum absolute atomic E-state index is 0.210. The molecule has 0 spiro atoms. The lowest BCUT2D eigenvalue weighted by molar-refractivity contribution is 0.625. The largest absolute Gasteiger partial charge is 0.342 e. The first kappa shape index (κ1) is 14.5. The van der Waals surface area contributed by atoms with Gasteiger partial charge in [0.25, 0.3) is 0 Å². The van der Waals surface area contributed by atoms with E-state index in [1.54, 1.807) is 6.07 Å². The van der Waals surface area contributed by atoms with Gasteiger partial charge in [-0.1, -0.05) is 31.2 Å². The molecule has 0 unspecified atom stereocenters. The van der Waals surface area contributed by atoms with E-state index in [2.05, 4.69) is 19.1 Å². The normalized spacial score (nSPS) is 10.6. The van der Waals surface area contributed by atoms with Gasteiger partial charge >= 0.3 is 0 Å². The fourth-order valence-corrected chi connectivity index (χ4v) is 2.38. The average Bonchev–Trinajstić information content (AvgIpc) is 2.47. The van der Waals surface area contributed by atoms with Crippen molar-refractivity contribution in [3.8, 4) is 0 Å². The van der Waals surface area contributed by atoms with Crippen LogP contribution in [0.1, 0.15) is 18.1 Å². The molecule has 106 valence electrons. The Morgan fingerprint density at radius 2 is 1.80 bits per heavy atom. The SMILES string of the molecule is CCc1ccc(N(C)c2c(F)cccc2CCN)cc1. The second kappa shape index (κ2) is 6.53. The van der Waals surface area contributed by atoms with Crippen molar-refractivity contribution in [1.82, 2.24) is 0 Å². The second-order valence-electron chi connectivity index (χ2n) is 4.87. The topological polar surface area (TPSA) is 29.3 Å². The minimum Gasteiger partial charge on any atom is -0.342 e. The van der Waals surface area contributed by atoms with Crippen LogP contribution in [0, 0.1) is 5.82 Å². The van der Waals surface area contributed by atoms with Crippen molar-refractivity contribution in [2.24, 2.45) is 5.73 Å². The molecule has 0 bridgehead atoms. The molecular formula is C17H21FN2. The smallest absolute Gasteiger partial charge is 0.147 e. The van der Waals surface area contributed by atoms with Gasteiger partial charge < -0.3 is 10.6 Å². The zero-order valence-electron chi connectivity index (χ0n) is 12.1. The van der Waals surface area contributed by atoms with Crippen LogP contribution in [-0.2, 0) is 12.8 Å². The number of benzene rings is 2. The van der Waals surface area contributed by atoms with Gasteiger partial charge in [0.1, 0.15) is 5.82 Å². The predicted molar refractivity (Wildman–Crippen MR) is 83.0 cm³/mol. The number of nitrogens with two attached hydrogens (primary N) is 1. The number of nitrogens with zero attached hydrogens (tertiary/aromatic N) is 1. The molecule has 0 saturated carbocycles. The van der Waals surface area contributed by atoms with E-state index in [0.29, 0.717) is 18.7 Å². The standard InChI is InChI=1S/C17H21FN2/c1-3-13-7-9-15(10-8-13)20(2)17-14(11-12-19)5-4-6-16(17)18/h4-10H,3,11-12,19H2,1-2H3. The third-order valence-electron chi connectivity index (χ3n) is 3.55. The minimum atomic E-state index is -0.210. The molecule has 0 atom stereocenters. The van der Waals surface area contributed by atoms with Crippen molar-refractivity contribution < 1.29 is 4.39 Å². The maximum atomic E-state index is 14.2. The van der Waals surface area contributed by atoms with Crippen molar-refractivity contribution in [2.75, 3.05) is 18.5 Å². The molecule has 0 fully saturated rings. The molecule has 0 aliphatic heterocycles. The zero-order valence-corrected chi connectivity index (χ0v) is 12.1. The Kier molecular flexibility index (Phi) is 4.74. The monoisotopic (exact) mass is 272 g/mol. The van der Waals surface area contributed by atoms with Gasteiger partial charge in [-0.25, -0.2) is 4.39 Å². The molecule has 0 aliphatic rings. The highest BCUT2D eigenvalue weighted by molar-refractivity contribution is 5.66. The first-order chi connectivity index (χ1) is 9.67. The van der Waals surface area contributed by atoms with E-state index >= 15 is 0 Å². The van der Waals surface area contributed by atoms with Crippen LogP contribution in [0.25, 0.3) is 0 Å². The molecule has 2 aromatic rings. The molecule has 0 amide bonds. The summed E-state index contributed by atoms with van der Waals surface area (Å²) < 4.78 is 14.2. The number of anilines is 2. The van der Waals surface area contributed by atoms with Crippen LogP contribution in [0.4, 0.5) is 15.8 Å². The third kappa shape index (κ3) is 2.99. The van der Waals surface area contributed by atoms with E-state index in [9.17, 15) is 4.39 Å². The summed E-state index contributed by atoms with van der Waals surface area (Å²) in [4.78, 5) is 1.89. The molecule has 0 heterocycles. The molecule has 0 radical (unpaired) electrons. The van der Waals surface area contributed by atoms with Gasteiger partial charge in [-0.3, -0.25) is 0 Å². The van der Waals surface area contributed by atoms with E-state index in [4.69, 9.17) is 5.73 Å². The first-order valence-corrected chi connectivity index (χ1v) is 6.97. The third-order valence-corrected chi connectivity index (χ3v) is 3.55. The quantitative estimate of drug-likeness (QED) is 0.900. The molecule has 0 saturated heterocycles. The molecule has 2 rings (SSSR count). The summed E-state index contributed by atoms with van der Waals surface area (Å²) in [6.07, 6.45) is 1.67. The molecule has 0 aromatic heterocycles. The Hall–Kier alpha value is -1.87. The molecule has 2 N–H and O–H groups in total. The van der Waals surface area contributed by atoms with Crippen LogP contribution in [0.3, 0.4) is 0 Å². The van der Waals surface area contributed by atoms with Gasteiger partial charge in [0, 0.05) is 12.7 Å². The summed E-state index contributed by atoms with van der Waals surface area (Å²) >= 11 is 0. The lowest BCUT2D eigenvalue weighted by atomic mass is 10.1. The summed E-state index contributed by atoms with van der Waals surface area (Å²) in [5.41, 5.74) is 9.42. The van der Waals surface area contributed by atoms with Crippen LogP contribution in [-0.4, -0.2) is 13.6 Å². The van der Waals surface area contributed by atoms with E-state index in [-0.39, 0.29) is 5.82 Å². The Balaban J connectivity index is 2.38. The highest BCUT2D eigenvalue weighted by Gasteiger charge is 2.13. The highest BCUT2D eigenvalue weighted by Crippen LogP contribution is 2.30. The van der Waals surface area contributed by atoms with Gasteiger partial charge in [0.05, 0.1) is 5.69 Å². The van der Waals surface area contributed by atoms with Crippen molar-refractivity contribution in [3.63, 3.8) is 0 Å². The van der Waals surface area contributed by atoms with Crippen molar-refractivity contribution in [1.29, 1.82) is 0 Å². The van der Waals surface area contributed by atoms with Crippen LogP contribution in [0.15, 0.2) is 42.5 Å². The Labute approximate surface area is 120 Å². The molecule has 2 aromatic carbocycles. The maximum absolute atomic E-state index is 14.2. The van der Waals surface area contributed by atoms with Crippen LogP contribution < -0.4 is 10.6 Å². The maximum Gasteiger partial charge on any atom is 0.147 e. The highest BCUT2D eigenvalue weighted by atomic mass is 19.1. The van der Waals surface area contributed by atoms with Gasteiger partial charge in [-0.15, -0.1) is 0 Å². The lowest BCUT2D eigenvalue weighted by Crippen LogP contribution is -2.15. The number of para-hydroxylation sites is 1. The van der Waals surface area contributed by atoms with E-state index in [1.807, 2.05) is 30.1 Å². The molecular weight excluding hydrogens is 251 g/mol. The Bertz CT molecular complexity index is 564. The molecule has 0 aliphatic carbocycles. The fourth-order valence-electron chi connectivity index (χ4n) is 2.38. The van der Waals surface area contributed by atoms with Crippen LogP contribution in [0.2, 0.25) is 0 Å². The van der Waals surface area contributed by atoms with Crippen LogP contribution >= 0.6 is 0 Å². The number of halogens is 1. The van der Waals surface area contributed by atoms with Gasteiger partial charge in [-0.05, 0) is 48.7 Å². The van der Waals surface area contributed by atoms with Crippen molar-refractivity contribution in [2.45, 2.75) is 19.8 Å². The number of hydrogen-bond donors (Lipinski definition) is 1. The summed E-state index contributed by atoms with van der Waals surface area (Å²) in [7, 11) is 1.89. The second-order valence-corrected chi connectivity index (χ2v) is 4.87. The molecule has 3 heteroatoms. The van der Waals surface area contributed by atoms with Gasteiger partial charge in [0.15, 0.2) is 0 Å². The summed E-state index contributed by atoms with van der Waals surface area (Å²) in [6.45, 7) is 2.63. The van der Waals surface area contributed by atoms with Gasteiger partial charge in [0.2, 0.25) is 0 Å². The van der Waals surface area contributed by atoms with Crippen molar-refractivity contribution in [3.05, 3.63) is 59.4 Å². The van der Waals surface area contributed by atoms with Crippen molar-refractivity contribution >= 4 is 11.4 Å². The zero-order chi connectivity index (χ0) is 14.5. The van der Waals surface area contributed by atoms with Gasteiger partial charge in [-0.2, -0.15) is 0 Å². The number of hydrogen-bond acceptors (Lipinski definition) is 2. The van der Waals surface area contributed by atoms with E-state index in [0.717, 1.165) is 17.7 Å². The number of aryl methyl sites for hydroxylation is 1. The molecule has 20 heavy (non-hydrogen) atoms.